The molecule has 47 heavy (non-hydrogen) atoms. The Morgan fingerprint density at radius 2 is 1.28 bits per heavy atom. The molecule has 1 aromatic heterocycles. The molecule has 0 spiro atoms. The number of hydrogen-bond donors (Lipinski definition) is 0. The number of thiazole rings is 1. The Morgan fingerprint density at radius 3 is 2.04 bits per heavy atom. The van der Waals surface area contributed by atoms with E-state index in [4.69, 9.17) is 4.98 Å². The molecule has 8 rings (SSSR count). The van der Waals surface area contributed by atoms with Crippen LogP contribution in [-0.4, -0.2) is 4.98 Å². The van der Waals surface area contributed by atoms with E-state index in [2.05, 4.69) is 147 Å². The fourth-order valence-electron chi connectivity index (χ4n) is 6.76. The first-order chi connectivity index (χ1) is 23.1. The summed E-state index contributed by atoms with van der Waals surface area (Å²) in [5, 5.41) is 16.0. The van der Waals surface area contributed by atoms with Crippen molar-refractivity contribution in [2.45, 2.75) is 13.8 Å². The molecule has 0 aliphatic heterocycles. The molecule has 0 fully saturated rings. The van der Waals surface area contributed by atoms with E-state index in [9.17, 15) is 5.26 Å². The first kappa shape index (κ1) is 28.6. The molecule has 1 heterocycles. The molecule has 0 amide bonds. The van der Waals surface area contributed by atoms with Crippen LogP contribution in [0.5, 0.6) is 0 Å². The molecule has 222 valence electrons. The van der Waals surface area contributed by atoms with Gasteiger partial charge in [-0.05, 0) is 116 Å². The molecule has 0 unspecified atom stereocenters. The molecule has 0 bridgehead atoms. The second kappa shape index (κ2) is 11.8. The molecule has 7 aromatic carbocycles. The van der Waals surface area contributed by atoms with Crippen LogP contribution in [0, 0.1) is 18.3 Å². The molecule has 0 saturated heterocycles. The number of rotatable bonds is 5. The van der Waals surface area contributed by atoms with Gasteiger partial charge in [0.05, 0.1) is 21.8 Å². The van der Waals surface area contributed by atoms with E-state index in [1.165, 1.54) is 42.9 Å². The molecule has 0 saturated carbocycles. The smallest absolute Gasteiger partial charge is 0.124 e. The van der Waals surface area contributed by atoms with Gasteiger partial charge in [0, 0.05) is 5.56 Å². The Hall–Kier alpha value is -5.82. The molecule has 2 nitrogen and oxygen atoms in total. The van der Waals surface area contributed by atoms with Crippen LogP contribution in [0.3, 0.4) is 0 Å². The van der Waals surface area contributed by atoms with Crippen molar-refractivity contribution in [2.75, 3.05) is 0 Å². The predicted molar refractivity (Wildman–Crippen MR) is 201 cm³/mol. The Bertz CT molecular complexity index is 2510. The minimum absolute atomic E-state index is 0.647. The van der Waals surface area contributed by atoms with Crippen LogP contribution in [0.4, 0.5) is 0 Å². The number of hydrogen-bond acceptors (Lipinski definition) is 3. The van der Waals surface area contributed by atoms with Gasteiger partial charge in [-0.2, -0.15) is 5.26 Å². The molecule has 3 heteroatoms. The summed E-state index contributed by atoms with van der Waals surface area (Å²) in [6, 6.07) is 49.5. The normalized spacial score (nSPS) is 11.5. The van der Waals surface area contributed by atoms with Crippen molar-refractivity contribution in [3.63, 3.8) is 0 Å². The summed E-state index contributed by atoms with van der Waals surface area (Å²) in [6.45, 7) is 4.25. The standard InChI is InChI=1S/C44H30N2S/c1-3-10-36-28(2)35(30-17-19-31(20-18-30)44-46-42-15-8-9-16-43(42)47-44)21-22-38(36)33-23-29(27-45)24-34(25-33)41-26-32-11-4-5-12-37(32)39-13-6-7-14-40(39)41/h3-26H,1-2H3/b10-3-. The van der Waals surface area contributed by atoms with E-state index in [0.717, 1.165) is 43.9 Å². The molecular weight excluding hydrogens is 589 g/mol. The van der Waals surface area contributed by atoms with Gasteiger partial charge in [-0.25, -0.2) is 4.98 Å². The highest BCUT2D eigenvalue weighted by atomic mass is 32.1. The van der Waals surface area contributed by atoms with Crippen LogP contribution in [0.25, 0.3) is 81.8 Å². The van der Waals surface area contributed by atoms with E-state index in [1.54, 1.807) is 11.3 Å². The average molecular weight is 619 g/mol. The number of para-hydroxylation sites is 1. The van der Waals surface area contributed by atoms with Crippen molar-refractivity contribution >= 4 is 49.2 Å². The number of nitriles is 1. The zero-order chi connectivity index (χ0) is 31.9. The Balaban J connectivity index is 1.24. The third-order valence-corrected chi connectivity index (χ3v) is 10.1. The maximum Gasteiger partial charge on any atom is 0.124 e. The van der Waals surface area contributed by atoms with Crippen molar-refractivity contribution in [3.05, 3.63) is 156 Å². The fraction of sp³-hybridized carbons (Fsp3) is 0.0455. The van der Waals surface area contributed by atoms with Crippen molar-refractivity contribution in [2.24, 2.45) is 0 Å². The van der Waals surface area contributed by atoms with Crippen LogP contribution in [0.2, 0.25) is 0 Å². The number of allylic oxidation sites excluding steroid dienone is 1. The number of nitrogens with zero attached hydrogens (tertiary/aromatic N) is 2. The van der Waals surface area contributed by atoms with E-state index in [1.807, 2.05) is 18.2 Å². The summed E-state index contributed by atoms with van der Waals surface area (Å²) in [5.74, 6) is 0. The van der Waals surface area contributed by atoms with Gasteiger partial charge in [-0.3, -0.25) is 0 Å². The topological polar surface area (TPSA) is 36.7 Å². The van der Waals surface area contributed by atoms with Crippen molar-refractivity contribution in [3.8, 4) is 50.0 Å². The van der Waals surface area contributed by atoms with Gasteiger partial charge in [0.1, 0.15) is 5.01 Å². The van der Waals surface area contributed by atoms with Crippen LogP contribution < -0.4 is 0 Å². The average Bonchev–Trinajstić information content (AvgIpc) is 3.57. The molecule has 0 atom stereocenters. The highest BCUT2D eigenvalue weighted by molar-refractivity contribution is 7.21. The van der Waals surface area contributed by atoms with Crippen LogP contribution >= 0.6 is 11.3 Å². The first-order valence-electron chi connectivity index (χ1n) is 15.8. The molecular formula is C44H30N2S. The van der Waals surface area contributed by atoms with Gasteiger partial charge in [0.25, 0.3) is 0 Å². The van der Waals surface area contributed by atoms with Crippen molar-refractivity contribution in [1.82, 2.24) is 4.98 Å². The van der Waals surface area contributed by atoms with E-state index < -0.39 is 0 Å². The number of fused-ring (bicyclic) bond motifs is 4. The second-order valence-corrected chi connectivity index (χ2v) is 12.9. The fourth-order valence-corrected chi connectivity index (χ4v) is 7.73. The molecule has 8 aromatic rings. The van der Waals surface area contributed by atoms with Crippen LogP contribution in [0.15, 0.2) is 140 Å². The Morgan fingerprint density at radius 1 is 0.617 bits per heavy atom. The zero-order valence-electron chi connectivity index (χ0n) is 26.2. The second-order valence-electron chi connectivity index (χ2n) is 11.9. The van der Waals surface area contributed by atoms with E-state index in [0.29, 0.717) is 5.56 Å². The van der Waals surface area contributed by atoms with Crippen molar-refractivity contribution < 1.29 is 0 Å². The summed E-state index contributed by atoms with van der Waals surface area (Å²) in [6.07, 6.45) is 4.28. The third kappa shape index (κ3) is 5.10. The third-order valence-electron chi connectivity index (χ3n) is 9.04. The van der Waals surface area contributed by atoms with Gasteiger partial charge in [-0.15, -0.1) is 11.3 Å². The van der Waals surface area contributed by atoms with Gasteiger partial charge >= 0.3 is 0 Å². The molecule has 0 radical (unpaired) electrons. The maximum absolute atomic E-state index is 10.2. The minimum Gasteiger partial charge on any atom is -0.236 e. The highest BCUT2D eigenvalue weighted by Crippen LogP contribution is 2.40. The SMILES string of the molecule is C/C=C\c1c(-c2cc(C#N)cc(-c3cc4ccccc4c4ccccc34)c2)ccc(-c2ccc(-c3nc4ccccc4s3)cc2)c1C. The summed E-state index contributed by atoms with van der Waals surface area (Å²) >= 11 is 1.72. The largest absolute Gasteiger partial charge is 0.236 e. The highest BCUT2D eigenvalue weighted by Gasteiger charge is 2.16. The zero-order valence-corrected chi connectivity index (χ0v) is 27.0. The number of benzene rings is 7. The van der Waals surface area contributed by atoms with Crippen molar-refractivity contribution in [1.29, 1.82) is 5.26 Å². The predicted octanol–water partition coefficient (Wildman–Crippen LogP) is 12.5. The molecule has 0 aliphatic rings. The maximum atomic E-state index is 10.2. The van der Waals surface area contributed by atoms with Crippen LogP contribution in [0.1, 0.15) is 23.6 Å². The monoisotopic (exact) mass is 618 g/mol. The lowest BCUT2D eigenvalue weighted by molar-refractivity contribution is 1.42. The number of aromatic nitrogens is 1. The summed E-state index contributed by atoms with van der Waals surface area (Å²) in [4.78, 5) is 4.85. The lowest BCUT2D eigenvalue weighted by Gasteiger charge is -2.17. The molecule has 0 aliphatic carbocycles. The minimum atomic E-state index is 0.647. The van der Waals surface area contributed by atoms with Gasteiger partial charge in [0.2, 0.25) is 0 Å². The summed E-state index contributed by atoms with van der Waals surface area (Å²) in [5.41, 5.74) is 11.8. The summed E-state index contributed by atoms with van der Waals surface area (Å²) < 4.78 is 1.20. The lowest BCUT2D eigenvalue weighted by atomic mass is 9.87. The Labute approximate surface area is 278 Å². The van der Waals surface area contributed by atoms with Gasteiger partial charge < -0.3 is 0 Å². The molecule has 0 N–H and O–H groups in total. The summed E-state index contributed by atoms with van der Waals surface area (Å²) in [7, 11) is 0. The van der Waals surface area contributed by atoms with E-state index in [-0.39, 0.29) is 0 Å². The quantitative estimate of drug-likeness (QED) is 0.180. The Kier molecular flexibility index (Phi) is 7.21. The van der Waals surface area contributed by atoms with Crippen LogP contribution in [-0.2, 0) is 0 Å². The first-order valence-corrected chi connectivity index (χ1v) is 16.6. The van der Waals surface area contributed by atoms with Gasteiger partial charge in [0.15, 0.2) is 0 Å². The lowest BCUT2D eigenvalue weighted by Crippen LogP contribution is -1.94. The van der Waals surface area contributed by atoms with E-state index >= 15 is 0 Å². The van der Waals surface area contributed by atoms with Gasteiger partial charge in [-0.1, -0.05) is 109 Å².